The summed E-state index contributed by atoms with van der Waals surface area (Å²) >= 11 is 0. The molecule has 0 saturated carbocycles. The fraction of sp³-hybridized carbons (Fsp3) is 0.462. The summed E-state index contributed by atoms with van der Waals surface area (Å²) in [5.41, 5.74) is 0.146. The van der Waals surface area contributed by atoms with Crippen molar-refractivity contribution in [2.24, 2.45) is 0 Å². The first-order valence-electron chi connectivity index (χ1n) is 5.76. The predicted octanol–water partition coefficient (Wildman–Crippen LogP) is 3.12. The third-order valence-corrected chi connectivity index (χ3v) is 2.78. The molecule has 0 radical (unpaired) electrons. The Morgan fingerprint density at radius 1 is 1.22 bits per heavy atom. The smallest absolute Gasteiger partial charge is 0.343 e. The molecule has 0 saturated heterocycles. The average molecular weight is 259 g/mol. The van der Waals surface area contributed by atoms with E-state index >= 15 is 0 Å². The standard InChI is InChI=1S/C13H16F3NO/c1-3-17(10(2)18)9-8-11-4-6-12(7-5-11)13(14,15)16/h4-7H,3,8-9H2,1-2H3. The summed E-state index contributed by atoms with van der Waals surface area (Å²) in [5, 5.41) is 0. The maximum Gasteiger partial charge on any atom is 0.416 e. The van der Waals surface area contributed by atoms with Crippen LogP contribution in [0, 0.1) is 0 Å². The second kappa shape index (κ2) is 5.89. The maximum atomic E-state index is 12.3. The SMILES string of the molecule is CCN(CCc1ccc(C(F)(F)F)cc1)C(C)=O. The normalized spacial score (nSPS) is 11.4. The van der Waals surface area contributed by atoms with Gasteiger partial charge in [-0.2, -0.15) is 13.2 Å². The van der Waals surface area contributed by atoms with Crippen LogP contribution >= 0.6 is 0 Å². The lowest BCUT2D eigenvalue weighted by Crippen LogP contribution is -2.30. The van der Waals surface area contributed by atoms with Crippen molar-refractivity contribution in [1.29, 1.82) is 0 Å². The Kier molecular flexibility index (Phi) is 4.76. The quantitative estimate of drug-likeness (QED) is 0.813. The zero-order valence-corrected chi connectivity index (χ0v) is 10.4. The first-order valence-corrected chi connectivity index (χ1v) is 5.76. The highest BCUT2D eigenvalue weighted by molar-refractivity contribution is 5.73. The number of carbonyl (C=O) groups is 1. The molecule has 0 aliphatic carbocycles. The molecule has 0 atom stereocenters. The minimum Gasteiger partial charge on any atom is -0.343 e. The molecular formula is C13H16F3NO. The lowest BCUT2D eigenvalue weighted by molar-refractivity contribution is -0.137. The van der Waals surface area contributed by atoms with Gasteiger partial charge in [0.05, 0.1) is 5.56 Å². The number of carbonyl (C=O) groups excluding carboxylic acids is 1. The molecular weight excluding hydrogens is 243 g/mol. The first kappa shape index (κ1) is 14.5. The van der Waals surface area contributed by atoms with Gasteiger partial charge >= 0.3 is 6.18 Å². The van der Waals surface area contributed by atoms with E-state index < -0.39 is 11.7 Å². The molecule has 18 heavy (non-hydrogen) atoms. The molecule has 0 bridgehead atoms. The highest BCUT2D eigenvalue weighted by atomic mass is 19.4. The van der Waals surface area contributed by atoms with Crippen molar-refractivity contribution in [3.63, 3.8) is 0 Å². The van der Waals surface area contributed by atoms with Crippen molar-refractivity contribution in [3.8, 4) is 0 Å². The van der Waals surface area contributed by atoms with Crippen LogP contribution in [0.15, 0.2) is 24.3 Å². The molecule has 0 fully saturated rings. The fourth-order valence-corrected chi connectivity index (χ4v) is 1.66. The molecule has 5 heteroatoms. The summed E-state index contributed by atoms with van der Waals surface area (Å²) in [4.78, 5) is 12.8. The predicted molar refractivity (Wildman–Crippen MR) is 63.1 cm³/mol. The van der Waals surface area contributed by atoms with Gasteiger partial charge in [0.25, 0.3) is 0 Å². The third-order valence-electron chi connectivity index (χ3n) is 2.78. The van der Waals surface area contributed by atoms with Crippen molar-refractivity contribution in [2.45, 2.75) is 26.4 Å². The number of hydrogen-bond donors (Lipinski definition) is 0. The molecule has 0 heterocycles. The van der Waals surface area contributed by atoms with Crippen LogP contribution in [-0.2, 0) is 17.4 Å². The van der Waals surface area contributed by atoms with Gasteiger partial charge in [0.2, 0.25) is 5.91 Å². The van der Waals surface area contributed by atoms with Crippen molar-refractivity contribution in [2.75, 3.05) is 13.1 Å². The number of nitrogens with zero attached hydrogens (tertiary/aromatic N) is 1. The van der Waals surface area contributed by atoms with Crippen LogP contribution < -0.4 is 0 Å². The Morgan fingerprint density at radius 2 is 1.78 bits per heavy atom. The van der Waals surface area contributed by atoms with E-state index in [0.717, 1.165) is 17.7 Å². The van der Waals surface area contributed by atoms with Crippen LogP contribution in [0.1, 0.15) is 25.0 Å². The topological polar surface area (TPSA) is 20.3 Å². The summed E-state index contributed by atoms with van der Waals surface area (Å²) in [7, 11) is 0. The summed E-state index contributed by atoms with van der Waals surface area (Å²) < 4.78 is 37.0. The Hall–Kier alpha value is -1.52. The molecule has 0 unspecified atom stereocenters. The van der Waals surface area contributed by atoms with E-state index in [4.69, 9.17) is 0 Å². The lowest BCUT2D eigenvalue weighted by atomic mass is 10.1. The Morgan fingerprint density at radius 3 is 2.17 bits per heavy atom. The molecule has 1 rings (SSSR count). The van der Waals surface area contributed by atoms with Gasteiger partial charge in [-0.3, -0.25) is 4.79 Å². The summed E-state index contributed by atoms with van der Waals surface area (Å²) in [6.45, 7) is 4.48. The Balaban J connectivity index is 2.62. The van der Waals surface area contributed by atoms with Crippen molar-refractivity contribution < 1.29 is 18.0 Å². The molecule has 0 aliphatic heterocycles. The summed E-state index contributed by atoms with van der Waals surface area (Å²) in [6, 6.07) is 5.05. The minimum absolute atomic E-state index is 0.0237. The second-order valence-corrected chi connectivity index (χ2v) is 4.04. The van der Waals surface area contributed by atoms with Gasteiger partial charge in [-0.15, -0.1) is 0 Å². The van der Waals surface area contributed by atoms with Crippen LogP contribution in [-0.4, -0.2) is 23.9 Å². The van der Waals surface area contributed by atoms with Gasteiger partial charge < -0.3 is 4.90 Å². The number of benzene rings is 1. The van der Waals surface area contributed by atoms with Crippen molar-refractivity contribution in [3.05, 3.63) is 35.4 Å². The second-order valence-electron chi connectivity index (χ2n) is 4.04. The zero-order valence-electron chi connectivity index (χ0n) is 10.4. The number of hydrogen-bond acceptors (Lipinski definition) is 1. The fourth-order valence-electron chi connectivity index (χ4n) is 1.66. The number of likely N-dealkylation sites (N-methyl/N-ethyl adjacent to an activating group) is 1. The number of amides is 1. The molecule has 0 N–H and O–H groups in total. The number of alkyl halides is 3. The molecule has 0 spiro atoms. The largest absolute Gasteiger partial charge is 0.416 e. The summed E-state index contributed by atoms with van der Waals surface area (Å²) in [6.07, 6.45) is -3.74. The molecule has 0 aromatic heterocycles. The van der Waals surface area contributed by atoms with Crippen LogP contribution in [0.2, 0.25) is 0 Å². The van der Waals surface area contributed by atoms with E-state index in [1.54, 1.807) is 4.90 Å². The van der Waals surface area contributed by atoms with Gasteiger partial charge in [0.1, 0.15) is 0 Å². The van der Waals surface area contributed by atoms with Crippen molar-refractivity contribution >= 4 is 5.91 Å². The van der Waals surface area contributed by atoms with Crippen LogP contribution in [0.3, 0.4) is 0 Å². The van der Waals surface area contributed by atoms with Crippen LogP contribution in [0.25, 0.3) is 0 Å². The number of halogens is 3. The Bertz CT molecular complexity index is 398. The van der Waals surface area contributed by atoms with E-state index in [-0.39, 0.29) is 5.91 Å². The van der Waals surface area contributed by atoms with Gasteiger partial charge in [-0.05, 0) is 31.0 Å². The lowest BCUT2D eigenvalue weighted by Gasteiger charge is -2.18. The van der Waals surface area contributed by atoms with Gasteiger partial charge in [-0.1, -0.05) is 12.1 Å². The molecule has 1 aromatic carbocycles. The van der Waals surface area contributed by atoms with Gasteiger partial charge in [0, 0.05) is 20.0 Å². The van der Waals surface area contributed by atoms with Crippen molar-refractivity contribution in [1.82, 2.24) is 4.90 Å². The van der Waals surface area contributed by atoms with E-state index in [9.17, 15) is 18.0 Å². The van der Waals surface area contributed by atoms with Gasteiger partial charge in [-0.25, -0.2) is 0 Å². The van der Waals surface area contributed by atoms with E-state index in [2.05, 4.69) is 0 Å². The minimum atomic E-state index is -4.30. The van der Waals surface area contributed by atoms with E-state index in [0.29, 0.717) is 19.5 Å². The third kappa shape index (κ3) is 4.05. The molecule has 100 valence electrons. The molecule has 1 aromatic rings. The van der Waals surface area contributed by atoms with Crippen LogP contribution in [0.4, 0.5) is 13.2 Å². The Labute approximate surface area is 104 Å². The summed E-state index contributed by atoms with van der Waals surface area (Å²) in [5.74, 6) is -0.0237. The molecule has 1 amide bonds. The highest BCUT2D eigenvalue weighted by Crippen LogP contribution is 2.29. The monoisotopic (exact) mass is 259 g/mol. The van der Waals surface area contributed by atoms with Crippen LogP contribution in [0.5, 0.6) is 0 Å². The maximum absolute atomic E-state index is 12.3. The van der Waals surface area contributed by atoms with Gasteiger partial charge in [0.15, 0.2) is 0 Å². The zero-order chi connectivity index (χ0) is 13.8. The average Bonchev–Trinajstić information content (AvgIpc) is 2.29. The first-order chi connectivity index (χ1) is 8.34. The molecule has 0 aliphatic rings. The van der Waals surface area contributed by atoms with E-state index in [1.807, 2.05) is 6.92 Å². The van der Waals surface area contributed by atoms with E-state index in [1.165, 1.54) is 19.1 Å². The highest BCUT2D eigenvalue weighted by Gasteiger charge is 2.29. The number of rotatable bonds is 4. The molecule has 2 nitrogen and oxygen atoms in total.